The summed E-state index contributed by atoms with van der Waals surface area (Å²) in [6, 6.07) is 5.03. The molecule has 0 aliphatic carbocycles. The highest BCUT2D eigenvalue weighted by molar-refractivity contribution is 8.14. The molecular weight excluding hydrogens is 364 g/mol. The number of aliphatic hydroxyl groups excluding tert-OH is 4. The van der Waals surface area contributed by atoms with E-state index in [2.05, 4.69) is 10.1 Å². The Bertz CT molecular complexity index is 794. The molecule has 2 heterocycles. The molecule has 10 heteroatoms. The summed E-state index contributed by atoms with van der Waals surface area (Å²) < 4.78 is 5.40. The predicted molar refractivity (Wildman–Crippen MR) is 94.2 cm³/mol. The van der Waals surface area contributed by atoms with Gasteiger partial charge in [-0.2, -0.15) is 0 Å². The quantitative estimate of drug-likeness (QED) is 0.164. The molecule has 0 radical (unpaired) electrons. The molecule has 3 rings (SSSR count). The number of fused-ring (bicyclic) bond motifs is 1. The summed E-state index contributed by atoms with van der Waals surface area (Å²) in [7, 11) is 0. The second-order valence-electron chi connectivity index (χ2n) is 6.00. The fraction of sp³-hybridized carbons (Fsp3) is 0.438. The van der Waals surface area contributed by atoms with Gasteiger partial charge in [-0.1, -0.05) is 23.0 Å². The summed E-state index contributed by atoms with van der Waals surface area (Å²) in [6.45, 7) is -0.538. The zero-order valence-electron chi connectivity index (χ0n) is 13.6. The molecule has 0 amide bonds. The number of ether oxygens (including phenoxy) is 1. The van der Waals surface area contributed by atoms with Crippen LogP contribution in [0, 0.1) is 0 Å². The summed E-state index contributed by atoms with van der Waals surface area (Å²) in [4.78, 5) is 3.01. The Balaban J connectivity index is 1.77. The van der Waals surface area contributed by atoms with Crippen LogP contribution in [0.4, 0.5) is 0 Å². The van der Waals surface area contributed by atoms with Crippen molar-refractivity contribution in [2.24, 2.45) is 5.16 Å². The number of oxime groups is 1. The molecule has 142 valence electrons. The lowest BCUT2D eigenvalue weighted by Crippen LogP contribution is -2.57. The number of phenols is 1. The molecule has 1 aliphatic rings. The van der Waals surface area contributed by atoms with E-state index in [0.29, 0.717) is 10.9 Å². The highest BCUT2D eigenvalue weighted by Crippen LogP contribution is 2.32. The summed E-state index contributed by atoms with van der Waals surface area (Å²) in [5.41, 5.74) is 0.341. The summed E-state index contributed by atoms with van der Waals surface area (Å²) >= 11 is 0.861. The van der Waals surface area contributed by atoms with Gasteiger partial charge in [0, 0.05) is 23.5 Å². The highest BCUT2D eigenvalue weighted by Gasteiger charge is 2.44. The molecular formula is C16H20N2O7S. The topological polar surface area (TPSA) is 159 Å². The molecule has 0 spiro atoms. The molecule has 7 N–H and O–H groups in total. The van der Waals surface area contributed by atoms with Gasteiger partial charge in [-0.05, 0) is 17.7 Å². The van der Waals surface area contributed by atoms with Crippen molar-refractivity contribution in [2.75, 3.05) is 6.61 Å². The fourth-order valence-electron chi connectivity index (χ4n) is 2.94. The van der Waals surface area contributed by atoms with Gasteiger partial charge in [0.1, 0.15) is 40.6 Å². The van der Waals surface area contributed by atoms with Crippen molar-refractivity contribution in [3.05, 3.63) is 30.0 Å². The Morgan fingerprint density at radius 2 is 1.96 bits per heavy atom. The monoisotopic (exact) mass is 384 g/mol. The van der Waals surface area contributed by atoms with E-state index in [1.54, 1.807) is 24.4 Å². The van der Waals surface area contributed by atoms with E-state index in [1.165, 1.54) is 0 Å². The van der Waals surface area contributed by atoms with E-state index in [0.717, 1.165) is 17.3 Å². The van der Waals surface area contributed by atoms with Crippen molar-refractivity contribution in [3.8, 4) is 5.75 Å². The third kappa shape index (κ3) is 3.52. The number of H-pyrrole nitrogens is 1. The number of aliphatic hydroxyl groups is 4. The highest BCUT2D eigenvalue weighted by atomic mass is 32.2. The SMILES string of the molecule is OC[C@H]1O[C@@H](S/C(Cc2c[nH]c3cccc(O)c23)=N\O)[C@H](O)[C@@H](O)[C@@H]1O. The van der Waals surface area contributed by atoms with Gasteiger partial charge < -0.3 is 40.5 Å². The van der Waals surface area contributed by atoms with E-state index >= 15 is 0 Å². The van der Waals surface area contributed by atoms with E-state index in [9.17, 15) is 30.7 Å². The Morgan fingerprint density at radius 3 is 2.65 bits per heavy atom. The minimum absolute atomic E-state index is 0.0777. The van der Waals surface area contributed by atoms with Gasteiger partial charge in [-0.15, -0.1) is 0 Å². The first-order chi connectivity index (χ1) is 12.5. The van der Waals surface area contributed by atoms with Crippen molar-refractivity contribution < 1.29 is 35.5 Å². The molecule has 2 aromatic rings. The maximum atomic E-state index is 10.1. The van der Waals surface area contributed by atoms with Crippen molar-refractivity contribution in [1.82, 2.24) is 4.98 Å². The number of nitrogens with one attached hydrogen (secondary N) is 1. The van der Waals surface area contributed by atoms with Gasteiger partial charge in [-0.25, -0.2) is 0 Å². The smallest absolute Gasteiger partial charge is 0.138 e. The molecule has 0 saturated carbocycles. The number of nitrogens with zero attached hydrogens (tertiary/aromatic N) is 1. The van der Waals surface area contributed by atoms with Gasteiger partial charge in [0.2, 0.25) is 0 Å². The average Bonchev–Trinajstić information content (AvgIpc) is 3.05. The van der Waals surface area contributed by atoms with Crippen LogP contribution in [0.1, 0.15) is 5.56 Å². The minimum atomic E-state index is -1.50. The number of hydrogen-bond donors (Lipinski definition) is 7. The minimum Gasteiger partial charge on any atom is -0.507 e. The van der Waals surface area contributed by atoms with E-state index in [1.807, 2.05) is 0 Å². The maximum absolute atomic E-state index is 10.1. The average molecular weight is 384 g/mol. The largest absolute Gasteiger partial charge is 0.507 e. The summed E-state index contributed by atoms with van der Waals surface area (Å²) in [5.74, 6) is 0.0777. The van der Waals surface area contributed by atoms with Crippen molar-refractivity contribution in [3.63, 3.8) is 0 Å². The van der Waals surface area contributed by atoms with Crippen LogP contribution in [-0.4, -0.2) is 77.2 Å². The van der Waals surface area contributed by atoms with Crippen molar-refractivity contribution >= 4 is 27.7 Å². The van der Waals surface area contributed by atoms with Crippen LogP contribution in [0.3, 0.4) is 0 Å². The Morgan fingerprint density at radius 1 is 1.19 bits per heavy atom. The van der Waals surface area contributed by atoms with E-state index < -0.39 is 36.5 Å². The summed E-state index contributed by atoms with van der Waals surface area (Å²) in [5, 5.41) is 62.3. The Hall–Kier alpha value is -1.82. The molecule has 0 unspecified atom stereocenters. The molecule has 9 nitrogen and oxygen atoms in total. The third-order valence-corrected chi connectivity index (χ3v) is 5.44. The Kier molecular flexibility index (Phi) is 5.70. The van der Waals surface area contributed by atoms with Gasteiger partial charge in [0.05, 0.1) is 6.61 Å². The van der Waals surface area contributed by atoms with E-state index in [-0.39, 0.29) is 17.2 Å². The van der Waals surface area contributed by atoms with Crippen molar-refractivity contribution in [1.29, 1.82) is 0 Å². The van der Waals surface area contributed by atoms with Crippen LogP contribution in [0.25, 0.3) is 10.9 Å². The number of aromatic nitrogens is 1. The molecule has 1 aromatic heterocycles. The first-order valence-electron chi connectivity index (χ1n) is 7.92. The van der Waals surface area contributed by atoms with Gasteiger partial charge in [0.25, 0.3) is 0 Å². The van der Waals surface area contributed by atoms with Crippen molar-refractivity contribution in [2.45, 2.75) is 36.3 Å². The predicted octanol–water partition coefficient (Wildman–Crippen LogP) is -0.263. The third-order valence-electron chi connectivity index (χ3n) is 4.32. The molecule has 5 atom stereocenters. The van der Waals surface area contributed by atoms with Crippen LogP contribution in [-0.2, 0) is 11.2 Å². The number of benzene rings is 1. The number of aromatic hydroxyl groups is 1. The molecule has 26 heavy (non-hydrogen) atoms. The van der Waals surface area contributed by atoms with Crippen LogP contribution in [0.5, 0.6) is 5.75 Å². The zero-order valence-corrected chi connectivity index (χ0v) is 14.4. The molecule has 1 saturated heterocycles. The molecule has 1 aliphatic heterocycles. The second-order valence-corrected chi connectivity index (χ2v) is 7.17. The first-order valence-corrected chi connectivity index (χ1v) is 8.80. The fourth-order valence-corrected chi connectivity index (χ4v) is 3.99. The second kappa shape index (κ2) is 7.82. The number of rotatable bonds is 4. The number of hydrogen-bond acceptors (Lipinski definition) is 9. The van der Waals surface area contributed by atoms with Gasteiger partial charge >= 0.3 is 0 Å². The number of thioether (sulfide) groups is 1. The van der Waals surface area contributed by atoms with Gasteiger partial charge in [0.15, 0.2) is 0 Å². The molecule has 0 bridgehead atoms. The molecule has 1 fully saturated rings. The molecule has 1 aromatic carbocycles. The summed E-state index contributed by atoms with van der Waals surface area (Å²) in [6.07, 6.45) is -3.63. The normalized spacial score (nSPS) is 30.0. The van der Waals surface area contributed by atoms with Crippen LogP contribution < -0.4 is 0 Å². The lowest BCUT2D eigenvalue weighted by Gasteiger charge is -2.39. The van der Waals surface area contributed by atoms with Crippen LogP contribution >= 0.6 is 11.8 Å². The lowest BCUT2D eigenvalue weighted by molar-refractivity contribution is -0.205. The van der Waals surface area contributed by atoms with Crippen LogP contribution in [0.2, 0.25) is 0 Å². The number of phenolic OH excluding ortho intramolecular Hbond substituents is 1. The maximum Gasteiger partial charge on any atom is 0.138 e. The number of aromatic amines is 1. The van der Waals surface area contributed by atoms with E-state index in [4.69, 9.17) is 4.74 Å². The zero-order chi connectivity index (χ0) is 18.8. The Labute approximate surface area is 152 Å². The van der Waals surface area contributed by atoms with Gasteiger partial charge in [-0.3, -0.25) is 0 Å². The standard InChI is InChI=1S/C16H20N2O7S/c19-6-10-13(21)14(22)15(23)16(25-10)26-11(18-24)4-7-5-17-8-2-1-3-9(20)12(7)8/h1-3,5,10,13-17,19-24H,4,6H2/b18-11-/t10-,13-,14+,15-,16+/m1/s1. The first kappa shape index (κ1) is 19.0. The lowest BCUT2D eigenvalue weighted by atomic mass is 10.0. The van der Waals surface area contributed by atoms with Crippen LogP contribution in [0.15, 0.2) is 29.6 Å².